The Kier molecular flexibility index (Phi) is 3.46. The van der Waals surface area contributed by atoms with Crippen molar-refractivity contribution in [2.24, 2.45) is 0 Å². The minimum Gasteiger partial charge on any atom is -0.451 e. The first-order chi connectivity index (χ1) is 8.90. The summed E-state index contributed by atoms with van der Waals surface area (Å²) < 4.78 is 58.0. The standard InChI is InChI=1S/C14H10F4O/c1-7-3-4-8(2)11(5-7)19-14-12(17)9(15)6-10(16)13(14)18/h3-6H,1-2H3. The largest absolute Gasteiger partial charge is 0.451 e. The third-order valence-electron chi connectivity index (χ3n) is 2.63. The Balaban J connectivity index is 2.52. The minimum atomic E-state index is -1.56. The number of hydrogen-bond acceptors (Lipinski definition) is 1. The number of benzene rings is 2. The van der Waals surface area contributed by atoms with Crippen molar-refractivity contribution in [3.63, 3.8) is 0 Å². The highest BCUT2D eigenvalue weighted by Crippen LogP contribution is 2.32. The summed E-state index contributed by atoms with van der Waals surface area (Å²) in [5.74, 6) is -7.05. The molecule has 0 radical (unpaired) electrons. The van der Waals surface area contributed by atoms with Crippen LogP contribution in [0.1, 0.15) is 11.1 Å². The number of ether oxygens (including phenoxy) is 1. The van der Waals surface area contributed by atoms with Gasteiger partial charge >= 0.3 is 0 Å². The molecule has 0 N–H and O–H groups in total. The average molecular weight is 270 g/mol. The molecule has 0 heterocycles. The number of halogens is 4. The Hall–Kier alpha value is -2.04. The van der Waals surface area contributed by atoms with E-state index in [1.807, 2.05) is 0 Å². The second-order valence-electron chi connectivity index (χ2n) is 4.17. The molecule has 0 aliphatic carbocycles. The summed E-state index contributed by atoms with van der Waals surface area (Å²) in [4.78, 5) is 0. The summed E-state index contributed by atoms with van der Waals surface area (Å²) in [6.45, 7) is 3.41. The summed E-state index contributed by atoms with van der Waals surface area (Å²) in [6.07, 6.45) is 0. The molecule has 19 heavy (non-hydrogen) atoms. The monoisotopic (exact) mass is 270 g/mol. The smallest absolute Gasteiger partial charge is 0.204 e. The summed E-state index contributed by atoms with van der Waals surface area (Å²) in [6, 6.07) is 5.12. The molecule has 0 unspecified atom stereocenters. The lowest BCUT2D eigenvalue weighted by Crippen LogP contribution is -2.00. The van der Waals surface area contributed by atoms with E-state index in [0.717, 1.165) is 5.56 Å². The van der Waals surface area contributed by atoms with Crippen LogP contribution in [0, 0.1) is 37.1 Å². The quantitative estimate of drug-likeness (QED) is 0.570. The molecule has 0 atom stereocenters. The fourth-order valence-electron chi connectivity index (χ4n) is 1.57. The molecule has 2 aromatic rings. The average Bonchev–Trinajstić information content (AvgIpc) is 2.36. The van der Waals surface area contributed by atoms with E-state index in [1.54, 1.807) is 26.0 Å². The second-order valence-corrected chi connectivity index (χ2v) is 4.17. The maximum absolute atomic E-state index is 13.5. The number of aryl methyl sites for hydroxylation is 2. The Morgan fingerprint density at radius 2 is 1.42 bits per heavy atom. The van der Waals surface area contributed by atoms with E-state index < -0.39 is 29.0 Å². The fraction of sp³-hybridized carbons (Fsp3) is 0.143. The van der Waals surface area contributed by atoms with Gasteiger partial charge in [0.25, 0.3) is 0 Å². The van der Waals surface area contributed by atoms with Crippen LogP contribution in [0.3, 0.4) is 0 Å². The van der Waals surface area contributed by atoms with Gasteiger partial charge in [0.05, 0.1) is 0 Å². The van der Waals surface area contributed by atoms with Crippen LogP contribution in [0.2, 0.25) is 0 Å². The van der Waals surface area contributed by atoms with Gasteiger partial charge in [-0.2, -0.15) is 8.78 Å². The van der Waals surface area contributed by atoms with Gasteiger partial charge in [-0.15, -0.1) is 0 Å². The van der Waals surface area contributed by atoms with E-state index in [9.17, 15) is 17.6 Å². The first kappa shape index (κ1) is 13.4. The summed E-state index contributed by atoms with van der Waals surface area (Å²) >= 11 is 0. The van der Waals surface area contributed by atoms with E-state index in [1.165, 1.54) is 6.07 Å². The van der Waals surface area contributed by atoms with Crippen LogP contribution in [-0.2, 0) is 0 Å². The van der Waals surface area contributed by atoms with Crippen molar-refractivity contribution in [2.45, 2.75) is 13.8 Å². The van der Waals surface area contributed by atoms with Crippen LogP contribution in [0.15, 0.2) is 24.3 Å². The highest BCUT2D eigenvalue weighted by molar-refractivity contribution is 5.41. The van der Waals surface area contributed by atoms with Crippen molar-refractivity contribution in [3.05, 3.63) is 58.7 Å². The molecule has 2 rings (SSSR count). The zero-order valence-corrected chi connectivity index (χ0v) is 10.2. The molecular formula is C14H10F4O. The summed E-state index contributed by atoms with van der Waals surface area (Å²) in [7, 11) is 0. The lowest BCUT2D eigenvalue weighted by molar-refractivity contribution is 0.364. The molecule has 0 aromatic heterocycles. The third kappa shape index (κ3) is 2.54. The predicted octanol–water partition coefficient (Wildman–Crippen LogP) is 4.65. The van der Waals surface area contributed by atoms with Crippen molar-refractivity contribution < 1.29 is 22.3 Å². The van der Waals surface area contributed by atoms with Crippen molar-refractivity contribution in [1.29, 1.82) is 0 Å². The van der Waals surface area contributed by atoms with Gasteiger partial charge in [-0.3, -0.25) is 0 Å². The molecule has 1 nitrogen and oxygen atoms in total. The molecule has 0 saturated carbocycles. The molecule has 100 valence electrons. The van der Waals surface area contributed by atoms with Crippen LogP contribution in [-0.4, -0.2) is 0 Å². The van der Waals surface area contributed by atoms with E-state index in [0.29, 0.717) is 5.56 Å². The van der Waals surface area contributed by atoms with Gasteiger partial charge < -0.3 is 4.74 Å². The van der Waals surface area contributed by atoms with E-state index >= 15 is 0 Å². The van der Waals surface area contributed by atoms with Crippen LogP contribution in [0.25, 0.3) is 0 Å². The SMILES string of the molecule is Cc1ccc(C)c(Oc2c(F)c(F)cc(F)c2F)c1. The highest BCUT2D eigenvalue weighted by atomic mass is 19.2. The maximum Gasteiger partial charge on any atom is 0.204 e. The van der Waals surface area contributed by atoms with Gasteiger partial charge in [0.15, 0.2) is 11.6 Å². The zero-order valence-electron chi connectivity index (χ0n) is 10.2. The normalized spacial score (nSPS) is 10.6. The molecule has 0 bridgehead atoms. The van der Waals surface area contributed by atoms with Crippen LogP contribution >= 0.6 is 0 Å². The number of hydrogen-bond donors (Lipinski definition) is 0. The van der Waals surface area contributed by atoms with Crippen molar-refractivity contribution >= 4 is 0 Å². The van der Waals surface area contributed by atoms with Crippen molar-refractivity contribution in [3.8, 4) is 11.5 Å². The third-order valence-corrected chi connectivity index (χ3v) is 2.63. The molecular weight excluding hydrogens is 260 g/mol. The fourth-order valence-corrected chi connectivity index (χ4v) is 1.57. The summed E-state index contributed by atoms with van der Waals surface area (Å²) in [5, 5.41) is 0. The molecule has 0 aliphatic rings. The maximum atomic E-state index is 13.5. The predicted molar refractivity (Wildman–Crippen MR) is 62.3 cm³/mol. The Morgan fingerprint density at radius 3 is 2.00 bits per heavy atom. The molecule has 0 aliphatic heterocycles. The lowest BCUT2D eigenvalue weighted by Gasteiger charge is -2.11. The molecule has 5 heteroatoms. The van der Waals surface area contributed by atoms with E-state index in [-0.39, 0.29) is 11.8 Å². The lowest BCUT2D eigenvalue weighted by atomic mass is 10.1. The number of rotatable bonds is 2. The van der Waals surface area contributed by atoms with Crippen molar-refractivity contribution in [1.82, 2.24) is 0 Å². The van der Waals surface area contributed by atoms with Crippen molar-refractivity contribution in [2.75, 3.05) is 0 Å². The molecule has 0 amide bonds. The molecule has 0 saturated heterocycles. The topological polar surface area (TPSA) is 9.23 Å². The highest BCUT2D eigenvalue weighted by Gasteiger charge is 2.21. The van der Waals surface area contributed by atoms with E-state index in [2.05, 4.69) is 0 Å². The van der Waals surface area contributed by atoms with Gasteiger partial charge in [-0.05, 0) is 31.0 Å². The molecule has 0 fully saturated rings. The van der Waals surface area contributed by atoms with Gasteiger partial charge in [0.2, 0.25) is 17.4 Å². The Bertz CT molecular complexity index is 612. The first-order valence-electron chi connectivity index (χ1n) is 5.48. The Labute approximate surface area is 107 Å². The van der Waals surface area contributed by atoms with Gasteiger partial charge in [-0.1, -0.05) is 12.1 Å². The van der Waals surface area contributed by atoms with Crippen LogP contribution in [0.5, 0.6) is 11.5 Å². The first-order valence-corrected chi connectivity index (χ1v) is 5.48. The van der Waals surface area contributed by atoms with Gasteiger partial charge in [0, 0.05) is 6.07 Å². The Morgan fingerprint density at radius 1 is 0.842 bits per heavy atom. The summed E-state index contributed by atoms with van der Waals surface area (Å²) in [5.41, 5.74) is 1.38. The van der Waals surface area contributed by atoms with Crippen LogP contribution < -0.4 is 4.74 Å². The molecule has 2 aromatic carbocycles. The molecule has 0 spiro atoms. The van der Waals surface area contributed by atoms with Gasteiger partial charge in [0.1, 0.15) is 5.75 Å². The zero-order chi connectivity index (χ0) is 14.2. The van der Waals surface area contributed by atoms with Crippen LogP contribution in [0.4, 0.5) is 17.6 Å². The van der Waals surface area contributed by atoms with Gasteiger partial charge in [-0.25, -0.2) is 8.78 Å². The van der Waals surface area contributed by atoms with E-state index in [4.69, 9.17) is 4.74 Å². The second kappa shape index (κ2) is 4.91. The minimum absolute atomic E-state index is 0.140.